The van der Waals surface area contributed by atoms with E-state index >= 15 is 0 Å². The van der Waals surface area contributed by atoms with Crippen LogP contribution in [0.25, 0.3) is 0 Å². The van der Waals surface area contributed by atoms with Crippen LogP contribution in [-0.2, 0) is 0 Å². The normalized spacial score (nSPS) is 10.1. The Bertz CT molecular complexity index is 692. The summed E-state index contributed by atoms with van der Waals surface area (Å²) in [6, 6.07) is 10.3. The zero-order valence-electron chi connectivity index (χ0n) is 12.5. The van der Waals surface area contributed by atoms with Crippen molar-refractivity contribution in [1.29, 1.82) is 0 Å². The molecule has 0 aliphatic carbocycles. The van der Waals surface area contributed by atoms with Crippen LogP contribution in [0.4, 0.5) is 0 Å². The molecule has 0 aliphatic heterocycles. The molecule has 6 nitrogen and oxygen atoms in total. The van der Waals surface area contributed by atoms with Gasteiger partial charge in [-0.3, -0.25) is 9.59 Å². The molecule has 116 valence electrons. The lowest BCUT2D eigenvalue weighted by molar-refractivity contribution is 0.0945. The van der Waals surface area contributed by atoms with Crippen molar-refractivity contribution in [2.75, 3.05) is 20.3 Å². The minimum atomic E-state index is -0.417. The third-order valence-electron chi connectivity index (χ3n) is 3.02. The SMILES string of the molecule is COc1ccc(OCCNC(=O)c2ccc(C)[nH]c2=O)cc1. The first-order chi connectivity index (χ1) is 10.6. The smallest absolute Gasteiger partial charge is 0.260 e. The topological polar surface area (TPSA) is 80.4 Å². The summed E-state index contributed by atoms with van der Waals surface area (Å²) in [4.78, 5) is 26.1. The highest BCUT2D eigenvalue weighted by Crippen LogP contribution is 2.16. The van der Waals surface area contributed by atoms with Crippen molar-refractivity contribution in [2.24, 2.45) is 0 Å². The van der Waals surface area contributed by atoms with E-state index in [1.807, 2.05) is 0 Å². The molecule has 2 rings (SSSR count). The number of hydrogen-bond acceptors (Lipinski definition) is 4. The second-order valence-corrected chi connectivity index (χ2v) is 4.66. The van der Waals surface area contributed by atoms with E-state index in [4.69, 9.17) is 9.47 Å². The molecule has 0 atom stereocenters. The maximum atomic E-state index is 11.9. The molecule has 1 heterocycles. The molecule has 0 saturated heterocycles. The lowest BCUT2D eigenvalue weighted by Crippen LogP contribution is -2.32. The number of hydrogen-bond donors (Lipinski definition) is 2. The first-order valence-corrected chi connectivity index (χ1v) is 6.85. The summed E-state index contributed by atoms with van der Waals surface area (Å²) < 4.78 is 10.5. The zero-order valence-corrected chi connectivity index (χ0v) is 12.5. The van der Waals surface area contributed by atoms with Gasteiger partial charge < -0.3 is 19.8 Å². The maximum Gasteiger partial charge on any atom is 0.260 e. The van der Waals surface area contributed by atoms with E-state index in [1.54, 1.807) is 44.4 Å². The van der Waals surface area contributed by atoms with Gasteiger partial charge in [0, 0.05) is 5.69 Å². The van der Waals surface area contributed by atoms with Gasteiger partial charge in [-0.15, -0.1) is 0 Å². The highest BCUT2D eigenvalue weighted by atomic mass is 16.5. The number of pyridine rings is 1. The summed E-state index contributed by atoms with van der Waals surface area (Å²) in [5, 5.41) is 2.64. The second kappa shape index (κ2) is 7.31. The Hall–Kier alpha value is -2.76. The number of nitrogens with one attached hydrogen (secondary N) is 2. The zero-order chi connectivity index (χ0) is 15.9. The van der Waals surface area contributed by atoms with Crippen molar-refractivity contribution < 1.29 is 14.3 Å². The number of amides is 1. The Balaban J connectivity index is 1.80. The quantitative estimate of drug-likeness (QED) is 0.792. The molecule has 6 heteroatoms. The number of carbonyl (C=O) groups excluding carboxylic acids is 1. The third kappa shape index (κ3) is 4.12. The summed E-state index contributed by atoms with van der Waals surface area (Å²) in [7, 11) is 1.60. The summed E-state index contributed by atoms with van der Waals surface area (Å²) >= 11 is 0. The van der Waals surface area contributed by atoms with Gasteiger partial charge in [-0.05, 0) is 43.3 Å². The van der Waals surface area contributed by atoms with Crippen LogP contribution < -0.4 is 20.3 Å². The van der Waals surface area contributed by atoms with E-state index in [9.17, 15) is 9.59 Å². The molecule has 1 aromatic heterocycles. The van der Waals surface area contributed by atoms with Crippen LogP contribution in [0.1, 0.15) is 16.1 Å². The summed E-state index contributed by atoms with van der Waals surface area (Å²) in [6.45, 7) is 2.37. The lowest BCUT2D eigenvalue weighted by atomic mass is 10.2. The Morgan fingerprint density at radius 1 is 1.14 bits per heavy atom. The van der Waals surface area contributed by atoms with E-state index in [1.165, 1.54) is 6.07 Å². The van der Waals surface area contributed by atoms with Gasteiger partial charge in [0.15, 0.2) is 0 Å². The first-order valence-electron chi connectivity index (χ1n) is 6.85. The van der Waals surface area contributed by atoms with Crippen LogP contribution in [0.5, 0.6) is 11.5 Å². The van der Waals surface area contributed by atoms with E-state index in [0.717, 1.165) is 5.75 Å². The summed E-state index contributed by atoms with van der Waals surface area (Å²) in [5.74, 6) is 1.02. The van der Waals surface area contributed by atoms with Gasteiger partial charge >= 0.3 is 0 Å². The van der Waals surface area contributed by atoms with Crippen LogP contribution >= 0.6 is 0 Å². The largest absolute Gasteiger partial charge is 0.497 e. The minimum absolute atomic E-state index is 0.0926. The molecule has 1 aromatic carbocycles. The average molecular weight is 302 g/mol. The van der Waals surface area contributed by atoms with Crippen molar-refractivity contribution >= 4 is 5.91 Å². The van der Waals surface area contributed by atoms with Crippen LogP contribution in [-0.4, -0.2) is 31.2 Å². The van der Waals surface area contributed by atoms with Gasteiger partial charge in [-0.1, -0.05) is 0 Å². The molecule has 0 unspecified atom stereocenters. The van der Waals surface area contributed by atoms with E-state index in [-0.39, 0.29) is 5.56 Å². The highest BCUT2D eigenvalue weighted by molar-refractivity contribution is 5.93. The minimum Gasteiger partial charge on any atom is -0.497 e. The van der Waals surface area contributed by atoms with Gasteiger partial charge in [0.05, 0.1) is 13.7 Å². The molecule has 0 bridgehead atoms. The molecule has 0 fully saturated rings. The molecule has 0 radical (unpaired) electrons. The second-order valence-electron chi connectivity index (χ2n) is 4.66. The predicted molar refractivity (Wildman–Crippen MR) is 82.6 cm³/mol. The van der Waals surface area contributed by atoms with Crippen LogP contribution in [0.15, 0.2) is 41.2 Å². The molecule has 1 amide bonds. The molecular weight excluding hydrogens is 284 g/mol. The Morgan fingerprint density at radius 2 is 1.82 bits per heavy atom. The molecule has 0 aliphatic rings. The number of ether oxygens (including phenoxy) is 2. The number of aromatic amines is 1. The molecule has 2 N–H and O–H groups in total. The average Bonchev–Trinajstić information content (AvgIpc) is 2.52. The standard InChI is InChI=1S/C16H18N2O4/c1-11-3-8-14(16(20)18-11)15(19)17-9-10-22-13-6-4-12(21-2)5-7-13/h3-8H,9-10H2,1-2H3,(H,17,19)(H,18,20). The number of H-pyrrole nitrogens is 1. The maximum absolute atomic E-state index is 11.9. The lowest BCUT2D eigenvalue weighted by Gasteiger charge is -2.08. The van der Waals surface area contributed by atoms with E-state index < -0.39 is 11.5 Å². The molecule has 2 aromatic rings. The highest BCUT2D eigenvalue weighted by Gasteiger charge is 2.09. The molecule has 0 spiro atoms. The number of carbonyl (C=O) groups is 1. The Morgan fingerprint density at radius 3 is 2.45 bits per heavy atom. The number of aryl methyl sites for hydroxylation is 1. The van der Waals surface area contributed by atoms with Gasteiger partial charge in [0.2, 0.25) is 0 Å². The third-order valence-corrected chi connectivity index (χ3v) is 3.02. The van der Waals surface area contributed by atoms with Crippen LogP contribution in [0, 0.1) is 6.92 Å². The summed E-state index contributed by atoms with van der Waals surface area (Å²) in [5.41, 5.74) is 0.410. The van der Waals surface area contributed by atoms with Crippen molar-refractivity contribution in [3.8, 4) is 11.5 Å². The van der Waals surface area contributed by atoms with E-state index in [0.29, 0.717) is 24.6 Å². The number of rotatable bonds is 6. The van der Waals surface area contributed by atoms with Gasteiger partial charge in [-0.2, -0.15) is 0 Å². The fourth-order valence-electron chi connectivity index (χ4n) is 1.85. The Labute approximate surface area is 128 Å². The number of benzene rings is 1. The van der Waals surface area contributed by atoms with E-state index in [2.05, 4.69) is 10.3 Å². The van der Waals surface area contributed by atoms with Gasteiger partial charge in [-0.25, -0.2) is 0 Å². The first kappa shape index (κ1) is 15.6. The monoisotopic (exact) mass is 302 g/mol. The summed E-state index contributed by atoms with van der Waals surface area (Å²) in [6.07, 6.45) is 0. The molecule has 0 saturated carbocycles. The van der Waals surface area contributed by atoms with Crippen molar-refractivity contribution in [3.63, 3.8) is 0 Å². The predicted octanol–water partition coefficient (Wildman–Crippen LogP) is 1.50. The number of methoxy groups -OCH3 is 1. The molecular formula is C16H18N2O4. The van der Waals surface area contributed by atoms with Gasteiger partial charge in [0.1, 0.15) is 23.7 Å². The number of aromatic nitrogens is 1. The fraction of sp³-hybridized carbons (Fsp3) is 0.250. The Kier molecular flexibility index (Phi) is 5.19. The van der Waals surface area contributed by atoms with Crippen molar-refractivity contribution in [1.82, 2.24) is 10.3 Å². The fourth-order valence-corrected chi connectivity index (χ4v) is 1.85. The van der Waals surface area contributed by atoms with Gasteiger partial charge in [0.25, 0.3) is 11.5 Å². The van der Waals surface area contributed by atoms with Crippen molar-refractivity contribution in [2.45, 2.75) is 6.92 Å². The molecule has 22 heavy (non-hydrogen) atoms. The van der Waals surface area contributed by atoms with Crippen LogP contribution in [0.2, 0.25) is 0 Å². The van der Waals surface area contributed by atoms with Crippen molar-refractivity contribution in [3.05, 3.63) is 58.0 Å². The van der Waals surface area contributed by atoms with Crippen LogP contribution in [0.3, 0.4) is 0 Å².